The summed E-state index contributed by atoms with van der Waals surface area (Å²) in [6.07, 6.45) is 30.5. The number of piperidine rings is 2. The van der Waals surface area contributed by atoms with Crippen LogP contribution in [0, 0.1) is 0 Å². The number of carbonyl (C=O) groups is 2. The highest BCUT2D eigenvalue weighted by Crippen LogP contribution is 2.31. The molecular formula is C52H80B2F8N8O2. The topological polar surface area (TPSA) is 112 Å². The maximum Gasteiger partial charge on any atom is 0.673 e. The Morgan fingerprint density at radius 2 is 0.639 bits per heavy atom. The van der Waals surface area contributed by atoms with Gasteiger partial charge in [0.1, 0.15) is 0 Å². The first kappa shape index (κ1) is 56.8. The van der Waals surface area contributed by atoms with E-state index in [1.807, 2.05) is 12.1 Å². The summed E-state index contributed by atoms with van der Waals surface area (Å²) in [5, 5.41) is 23.3. The monoisotopic (exact) mass is 1020 g/mol. The van der Waals surface area contributed by atoms with Gasteiger partial charge in [0.2, 0.25) is 0 Å². The molecule has 72 heavy (non-hydrogen) atoms. The Morgan fingerprint density at radius 1 is 0.389 bits per heavy atom. The Bertz CT molecular complexity index is 1800. The Morgan fingerprint density at radius 3 is 0.903 bits per heavy atom. The lowest BCUT2D eigenvalue weighted by molar-refractivity contribution is -0.566. The number of nitrogens with zero attached hydrogens (tertiary/aromatic N) is 2. The Kier molecular flexibility index (Phi) is 22.7. The van der Waals surface area contributed by atoms with Crippen LogP contribution in [0.15, 0.2) is 60.7 Å². The first-order chi connectivity index (χ1) is 34.6. The third-order valence-corrected chi connectivity index (χ3v) is 15.2. The molecule has 0 radical (unpaired) electrons. The van der Waals surface area contributed by atoms with Gasteiger partial charge in [0, 0.05) is 0 Å². The molecule has 2 saturated heterocycles. The van der Waals surface area contributed by atoms with E-state index >= 15 is 9.59 Å². The lowest BCUT2D eigenvalue weighted by Gasteiger charge is -2.35. The van der Waals surface area contributed by atoms with Gasteiger partial charge in [0.15, 0.2) is 12.1 Å². The molecule has 6 aliphatic rings. The highest BCUT2D eigenvalue weighted by molar-refractivity contribution is 6.50. The minimum absolute atomic E-state index is 0.0328. The van der Waals surface area contributed by atoms with Crippen molar-refractivity contribution in [1.82, 2.24) is 31.9 Å². The van der Waals surface area contributed by atoms with Crippen LogP contribution in [0.2, 0.25) is 0 Å². The van der Waals surface area contributed by atoms with Crippen molar-refractivity contribution in [1.29, 1.82) is 0 Å². The quantitative estimate of drug-likeness (QED) is 0.0579. The molecule has 0 bridgehead atoms. The van der Waals surface area contributed by atoms with Gasteiger partial charge in [0.25, 0.3) is 11.8 Å². The highest BCUT2D eigenvalue weighted by atomic mass is 19.5. The zero-order chi connectivity index (χ0) is 51.4. The van der Waals surface area contributed by atoms with Crippen molar-refractivity contribution in [3.8, 4) is 0 Å². The number of guanidine groups is 2. The van der Waals surface area contributed by atoms with Crippen LogP contribution >= 0.6 is 0 Å². The highest BCUT2D eigenvalue weighted by Gasteiger charge is 2.40. The van der Waals surface area contributed by atoms with Crippen LogP contribution in [0.3, 0.4) is 0 Å². The molecule has 2 amide bonds. The summed E-state index contributed by atoms with van der Waals surface area (Å²) in [6, 6.07) is 20.9. The fourth-order valence-corrected chi connectivity index (χ4v) is 11.7. The molecule has 2 aromatic carbocycles. The molecule has 0 spiro atoms. The molecule has 2 aliphatic heterocycles. The summed E-state index contributed by atoms with van der Waals surface area (Å²) < 4.78 is 82.8. The van der Waals surface area contributed by atoms with E-state index in [-0.39, 0.29) is 23.9 Å². The largest absolute Gasteiger partial charge is 0.673 e. The fourth-order valence-electron chi connectivity index (χ4n) is 11.7. The van der Waals surface area contributed by atoms with Gasteiger partial charge in [-0.25, -0.2) is 0 Å². The third-order valence-electron chi connectivity index (χ3n) is 15.2. The van der Waals surface area contributed by atoms with Crippen LogP contribution in [0.4, 0.5) is 34.5 Å². The molecule has 10 nitrogen and oxygen atoms in total. The molecule has 8 rings (SSSR count). The molecule has 4 atom stereocenters. The number of hydrogen-bond donors (Lipinski definition) is 6. The smallest absolute Gasteiger partial charge is 0.418 e. The van der Waals surface area contributed by atoms with E-state index in [4.69, 9.17) is 0 Å². The first-order valence-electron chi connectivity index (χ1n) is 27.4. The normalized spacial score (nSPS) is 22.8. The van der Waals surface area contributed by atoms with Crippen LogP contribution in [-0.4, -0.2) is 96.7 Å². The van der Waals surface area contributed by atoms with Gasteiger partial charge in [0.05, 0.1) is 49.3 Å². The molecule has 6 fully saturated rings. The summed E-state index contributed by atoms with van der Waals surface area (Å²) >= 11 is 0. The van der Waals surface area contributed by atoms with Crippen LogP contribution in [0.1, 0.15) is 190 Å². The van der Waals surface area contributed by atoms with E-state index in [2.05, 4.69) is 89.6 Å². The average Bonchev–Trinajstić information content (AvgIpc) is 3.37. The van der Waals surface area contributed by atoms with Crippen molar-refractivity contribution in [2.75, 3.05) is 13.1 Å². The van der Waals surface area contributed by atoms with Crippen molar-refractivity contribution < 1.29 is 53.3 Å². The number of halogens is 8. The van der Waals surface area contributed by atoms with Crippen LogP contribution in [-0.2, 0) is 9.59 Å². The summed E-state index contributed by atoms with van der Waals surface area (Å²) in [5.41, 5.74) is 1.99. The zero-order valence-corrected chi connectivity index (χ0v) is 42.1. The van der Waals surface area contributed by atoms with E-state index in [9.17, 15) is 34.5 Å². The molecule has 20 heteroatoms. The van der Waals surface area contributed by atoms with E-state index in [0.717, 1.165) is 74.7 Å². The second-order valence-corrected chi connectivity index (χ2v) is 20.8. The number of benzene rings is 2. The van der Waals surface area contributed by atoms with E-state index in [1.165, 1.54) is 128 Å². The minimum Gasteiger partial charge on any atom is -0.418 e. The summed E-state index contributed by atoms with van der Waals surface area (Å²) in [4.78, 5) is 30.3. The van der Waals surface area contributed by atoms with Crippen LogP contribution < -0.4 is 31.9 Å². The second-order valence-electron chi connectivity index (χ2n) is 20.8. The van der Waals surface area contributed by atoms with Gasteiger partial charge >= 0.3 is 26.4 Å². The van der Waals surface area contributed by atoms with Gasteiger partial charge in [-0.1, -0.05) is 138 Å². The Balaban J connectivity index is 0.000000772. The van der Waals surface area contributed by atoms with Crippen molar-refractivity contribution >= 4 is 38.2 Å². The molecule has 0 aromatic heterocycles. The minimum atomic E-state index is -6.00. The van der Waals surface area contributed by atoms with E-state index in [1.54, 1.807) is 0 Å². The lowest BCUT2D eigenvalue weighted by Crippen LogP contribution is -2.59. The predicted octanol–water partition coefficient (Wildman–Crippen LogP) is 10.8. The fraction of sp³-hybridized carbons (Fsp3) is 0.692. The lowest BCUT2D eigenvalue weighted by atomic mass is 9.91. The summed E-state index contributed by atoms with van der Waals surface area (Å²) in [7, 11) is -12.0. The number of hydrogen-bond acceptors (Lipinski definition) is 2. The second kappa shape index (κ2) is 28.8. The Hall–Kier alpha value is -4.51. The van der Waals surface area contributed by atoms with Gasteiger partial charge in [-0.05, 0) is 101 Å². The molecule has 0 unspecified atom stereocenters. The van der Waals surface area contributed by atoms with Gasteiger partial charge in [-0.15, -0.1) is 0 Å². The van der Waals surface area contributed by atoms with Crippen molar-refractivity contribution in [3.05, 3.63) is 71.8 Å². The zero-order valence-electron chi connectivity index (χ0n) is 42.1. The maximum absolute atomic E-state index is 15.2. The summed E-state index contributed by atoms with van der Waals surface area (Å²) in [5.74, 6) is 2.21. The van der Waals surface area contributed by atoms with Crippen molar-refractivity contribution in [2.24, 2.45) is 0 Å². The Labute approximate surface area is 422 Å². The molecule has 2 aromatic rings. The van der Waals surface area contributed by atoms with Gasteiger partial charge in [-0.2, -0.15) is 0 Å². The summed E-state index contributed by atoms with van der Waals surface area (Å²) in [6.45, 7) is 1.70. The number of nitrogens with one attached hydrogen (secondary N) is 6. The number of carbonyl (C=O) groups excluding carboxylic acids is 2. The van der Waals surface area contributed by atoms with E-state index in [0.29, 0.717) is 24.2 Å². The maximum atomic E-state index is 15.2. The van der Waals surface area contributed by atoms with Gasteiger partial charge in [-0.3, -0.25) is 40.0 Å². The van der Waals surface area contributed by atoms with Crippen LogP contribution in [0.25, 0.3) is 0 Å². The van der Waals surface area contributed by atoms with Gasteiger partial charge < -0.3 is 45.2 Å². The van der Waals surface area contributed by atoms with Crippen molar-refractivity contribution in [2.45, 2.75) is 215 Å². The third kappa shape index (κ3) is 19.7. The number of rotatable bonds is 11. The molecule has 402 valence electrons. The predicted molar refractivity (Wildman–Crippen MR) is 271 cm³/mol. The molecule has 6 N–H and O–H groups in total. The molecule has 4 aliphatic carbocycles. The number of amides is 2. The average molecular weight is 1020 g/mol. The standard InChI is InChI=1S/C52H78N8O2.2BF4/c61-49(45-35-19-21-37-59(45)51(53-41-27-11-3-12-28-41)54-42-29-13-4-14-30-42)57-47(39-23-7-1-8-24-39)48(40-25-9-2-10-26-40)58-50(62)46-36-20-22-38-60(46)52(55-43-31-15-5-16-32-43)56-44-33-17-6-18-34-44;2*2-1(3,4)5/h1-2,7-10,23-26,41-48H,3-6,11-22,27-38H2,(H4,53,54,55,56,57,58,61,62);;/q;2*-1/p+2/t45-,46-,47-,48-;;/m0../s1. The van der Waals surface area contributed by atoms with Crippen molar-refractivity contribution in [3.63, 3.8) is 0 Å². The first-order valence-corrected chi connectivity index (χ1v) is 27.4. The SMILES string of the molecule is F[B-](F)(F)F.F[B-](F)(F)F.O=C(N[C@@H](c1ccccc1)[C@@H](NC(=O)[C@@H]1CCCC[N+]1=C(NC1CCCCC1)NC1CCCCC1)c1ccccc1)[C@@H]1CCCC[N+]1=C(NC1CCCCC1)NC1CCCCC1. The molecule has 2 heterocycles. The molecular weight excluding hydrogens is 942 g/mol. The molecule has 4 saturated carbocycles. The van der Waals surface area contributed by atoms with E-state index < -0.39 is 26.6 Å². The van der Waals surface area contributed by atoms with Crippen LogP contribution in [0.5, 0.6) is 0 Å².